The van der Waals surface area contributed by atoms with E-state index >= 15 is 0 Å². The van der Waals surface area contributed by atoms with E-state index in [0.717, 1.165) is 13.1 Å². The molecule has 1 nitrogen and oxygen atoms in total. The number of rotatable bonds is 3. The molecule has 2 aromatic rings. The summed E-state index contributed by atoms with van der Waals surface area (Å²) >= 11 is 14.3. The first-order valence-electron chi connectivity index (χ1n) is 5.10. The van der Waals surface area contributed by atoms with Crippen LogP contribution in [0.4, 0.5) is 4.39 Å². The van der Waals surface area contributed by atoms with Crippen molar-refractivity contribution < 1.29 is 4.39 Å². The van der Waals surface area contributed by atoms with E-state index < -0.39 is 0 Å². The summed E-state index contributed by atoms with van der Waals surface area (Å²) in [5.74, 6) is -0.246. The van der Waals surface area contributed by atoms with Crippen molar-refractivity contribution >= 4 is 54.8 Å². The number of hydrogen-bond acceptors (Lipinski definition) is 2. The highest BCUT2D eigenvalue weighted by atomic mass is 79.9. The highest BCUT2D eigenvalue weighted by molar-refractivity contribution is 9.11. The van der Waals surface area contributed by atoms with Crippen LogP contribution in [0.1, 0.15) is 16.5 Å². The van der Waals surface area contributed by atoms with Crippen molar-refractivity contribution in [2.24, 2.45) is 0 Å². The Labute approximate surface area is 131 Å². The van der Waals surface area contributed by atoms with E-state index in [0.29, 0.717) is 10.6 Å². The predicted molar refractivity (Wildman–Crippen MR) is 82.0 cm³/mol. The molecular formula is C12H9Br2ClFNS. The average Bonchev–Trinajstić information content (AvgIpc) is 2.64. The molecule has 1 heterocycles. The van der Waals surface area contributed by atoms with Crippen LogP contribution in [0.15, 0.2) is 32.5 Å². The Morgan fingerprint density at radius 1 is 1.39 bits per heavy atom. The molecule has 0 spiro atoms. The first-order valence-corrected chi connectivity index (χ1v) is 7.88. The molecule has 1 unspecified atom stereocenters. The fourth-order valence-electron chi connectivity index (χ4n) is 1.72. The molecule has 96 valence electrons. The van der Waals surface area contributed by atoms with Gasteiger partial charge in [-0.25, -0.2) is 4.39 Å². The van der Waals surface area contributed by atoms with Crippen molar-refractivity contribution in [2.45, 2.75) is 6.04 Å². The summed E-state index contributed by atoms with van der Waals surface area (Å²) < 4.78 is 15.6. The monoisotopic (exact) mass is 411 g/mol. The Hall–Kier alpha value is 0.0600. The molecule has 1 atom stereocenters. The van der Waals surface area contributed by atoms with Crippen LogP contribution >= 0.6 is 54.8 Å². The normalized spacial score (nSPS) is 12.7. The lowest BCUT2D eigenvalue weighted by Gasteiger charge is -2.17. The lowest BCUT2D eigenvalue weighted by atomic mass is 10.1. The van der Waals surface area contributed by atoms with Gasteiger partial charge in [0, 0.05) is 14.9 Å². The van der Waals surface area contributed by atoms with Crippen LogP contribution in [0, 0.1) is 5.82 Å². The van der Waals surface area contributed by atoms with Gasteiger partial charge in [0.25, 0.3) is 0 Å². The van der Waals surface area contributed by atoms with Gasteiger partial charge in [-0.3, -0.25) is 0 Å². The van der Waals surface area contributed by atoms with Gasteiger partial charge in [0.2, 0.25) is 0 Å². The summed E-state index contributed by atoms with van der Waals surface area (Å²) in [7, 11) is 1.80. The molecule has 0 amide bonds. The maximum atomic E-state index is 14.0. The molecule has 1 aromatic carbocycles. The Morgan fingerprint density at radius 3 is 2.61 bits per heavy atom. The SMILES string of the molecule is CNC(c1cc(Cl)c(Br)s1)c1c(F)cccc1Br. The molecule has 18 heavy (non-hydrogen) atoms. The van der Waals surface area contributed by atoms with Crippen molar-refractivity contribution in [2.75, 3.05) is 7.05 Å². The Balaban J connectivity index is 2.52. The lowest BCUT2D eigenvalue weighted by molar-refractivity contribution is 0.577. The molecule has 1 N–H and O–H groups in total. The van der Waals surface area contributed by atoms with E-state index in [1.807, 2.05) is 12.1 Å². The third kappa shape index (κ3) is 2.80. The van der Waals surface area contributed by atoms with E-state index in [9.17, 15) is 4.39 Å². The molecule has 0 aliphatic carbocycles. The number of halogens is 4. The maximum Gasteiger partial charge on any atom is 0.129 e. The summed E-state index contributed by atoms with van der Waals surface area (Å²) in [4.78, 5) is 0.958. The highest BCUT2D eigenvalue weighted by Gasteiger charge is 2.21. The first-order chi connectivity index (χ1) is 8.54. The molecule has 2 rings (SSSR count). The zero-order valence-corrected chi connectivity index (χ0v) is 14.1. The van der Waals surface area contributed by atoms with Gasteiger partial charge in [0.15, 0.2) is 0 Å². The Kier molecular flexibility index (Phi) is 4.83. The second-order valence-electron chi connectivity index (χ2n) is 3.63. The fourth-order valence-corrected chi connectivity index (χ4v) is 4.16. The van der Waals surface area contributed by atoms with Crippen molar-refractivity contribution in [3.63, 3.8) is 0 Å². The summed E-state index contributed by atoms with van der Waals surface area (Å²) in [6.45, 7) is 0. The van der Waals surface area contributed by atoms with Gasteiger partial charge >= 0.3 is 0 Å². The van der Waals surface area contributed by atoms with Crippen molar-refractivity contribution in [1.82, 2.24) is 5.32 Å². The highest BCUT2D eigenvalue weighted by Crippen LogP contribution is 2.39. The molecule has 0 aliphatic rings. The Bertz CT molecular complexity index is 533. The molecule has 1 aromatic heterocycles. The van der Waals surface area contributed by atoms with Gasteiger partial charge < -0.3 is 5.32 Å². The molecule has 0 saturated heterocycles. The van der Waals surface area contributed by atoms with E-state index in [-0.39, 0.29) is 11.9 Å². The largest absolute Gasteiger partial charge is 0.309 e. The zero-order valence-electron chi connectivity index (χ0n) is 9.31. The van der Waals surface area contributed by atoms with Crippen molar-refractivity contribution in [3.05, 3.63) is 53.8 Å². The van der Waals surface area contributed by atoms with Gasteiger partial charge in [-0.05, 0) is 41.2 Å². The number of nitrogens with one attached hydrogen (secondary N) is 1. The predicted octanol–water partition coefficient (Wildman–Crippen LogP) is 5.37. The van der Waals surface area contributed by atoms with Crippen molar-refractivity contribution in [1.29, 1.82) is 0 Å². The van der Waals surface area contributed by atoms with Crippen LogP contribution in [0.3, 0.4) is 0 Å². The molecule has 6 heteroatoms. The van der Waals surface area contributed by atoms with Crippen LogP contribution in [0.2, 0.25) is 5.02 Å². The van der Waals surface area contributed by atoms with Crippen LogP contribution in [0.5, 0.6) is 0 Å². The van der Waals surface area contributed by atoms with Gasteiger partial charge in [0.05, 0.1) is 14.9 Å². The van der Waals surface area contributed by atoms with Crippen LogP contribution in [-0.4, -0.2) is 7.05 Å². The summed E-state index contributed by atoms with van der Waals surface area (Å²) in [5, 5.41) is 3.76. The molecule has 0 saturated carbocycles. The van der Waals surface area contributed by atoms with Crippen molar-refractivity contribution in [3.8, 4) is 0 Å². The average molecular weight is 414 g/mol. The minimum absolute atomic E-state index is 0.227. The van der Waals surface area contributed by atoms with Crippen LogP contribution in [-0.2, 0) is 0 Å². The second kappa shape index (κ2) is 6.01. The van der Waals surface area contributed by atoms with Gasteiger partial charge in [-0.15, -0.1) is 11.3 Å². The van der Waals surface area contributed by atoms with Gasteiger partial charge in [0.1, 0.15) is 5.82 Å². The summed E-state index contributed by atoms with van der Waals surface area (Å²) in [6.07, 6.45) is 0. The van der Waals surface area contributed by atoms with Crippen LogP contribution < -0.4 is 5.32 Å². The van der Waals surface area contributed by atoms with Gasteiger partial charge in [-0.2, -0.15) is 0 Å². The first kappa shape index (κ1) is 14.5. The minimum Gasteiger partial charge on any atom is -0.309 e. The van der Waals surface area contributed by atoms with Gasteiger partial charge in [-0.1, -0.05) is 33.6 Å². The molecule has 0 bridgehead atoms. The molecular weight excluding hydrogens is 404 g/mol. The van der Waals surface area contributed by atoms with Crippen LogP contribution in [0.25, 0.3) is 0 Å². The second-order valence-corrected chi connectivity index (χ2v) is 7.29. The number of thiophene rings is 1. The zero-order chi connectivity index (χ0) is 13.3. The standard InChI is InChI=1S/C12H9Br2ClFNS/c1-17-11(9-5-7(15)12(14)18-9)10-6(13)3-2-4-8(10)16/h2-5,11,17H,1H3. The number of benzene rings is 1. The molecule has 0 aliphatic heterocycles. The lowest BCUT2D eigenvalue weighted by Crippen LogP contribution is -2.18. The molecule has 0 fully saturated rings. The van der Waals surface area contributed by atoms with E-state index in [1.165, 1.54) is 17.4 Å². The topological polar surface area (TPSA) is 12.0 Å². The quantitative estimate of drug-likeness (QED) is 0.713. The Morgan fingerprint density at radius 2 is 2.11 bits per heavy atom. The number of hydrogen-bond donors (Lipinski definition) is 1. The fraction of sp³-hybridized carbons (Fsp3) is 0.167. The third-order valence-electron chi connectivity index (χ3n) is 2.53. The summed E-state index contributed by atoms with van der Waals surface area (Å²) in [5.41, 5.74) is 0.588. The summed E-state index contributed by atoms with van der Waals surface area (Å²) in [6, 6.07) is 6.57. The minimum atomic E-state index is -0.246. The third-order valence-corrected chi connectivity index (χ3v) is 5.76. The smallest absolute Gasteiger partial charge is 0.129 e. The van der Waals surface area contributed by atoms with E-state index in [2.05, 4.69) is 37.2 Å². The van der Waals surface area contributed by atoms with E-state index in [1.54, 1.807) is 13.1 Å². The maximum absolute atomic E-state index is 14.0. The molecule has 0 radical (unpaired) electrons. The van der Waals surface area contributed by atoms with E-state index in [4.69, 9.17) is 11.6 Å².